The molecule has 0 unspecified atom stereocenters. The lowest BCUT2D eigenvalue weighted by Crippen LogP contribution is -2.15. The number of rotatable bonds is 3. The molecule has 98 valence electrons. The van der Waals surface area contributed by atoms with Gasteiger partial charge in [0.15, 0.2) is 0 Å². The highest BCUT2D eigenvalue weighted by Crippen LogP contribution is 2.29. The van der Waals surface area contributed by atoms with Crippen molar-refractivity contribution in [3.05, 3.63) is 45.2 Å². The number of nitrogens with two attached hydrogens (primary N) is 1. The number of benzene rings is 1. The van der Waals surface area contributed by atoms with Crippen molar-refractivity contribution in [1.82, 2.24) is 9.97 Å². The van der Waals surface area contributed by atoms with E-state index in [2.05, 4.69) is 15.3 Å². The molecule has 2 aromatic rings. The van der Waals surface area contributed by atoms with Crippen LogP contribution >= 0.6 is 11.6 Å². The zero-order chi connectivity index (χ0) is 14.0. The van der Waals surface area contributed by atoms with Crippen molar-refractivity contribution in [2.45, 2.75) is 0 Å². The summed E-state index contributed by atoms with van der Waals surface area (Å²) in [5.74, 6) is -0.440. The van der Waals surface area contributed by atoms with Crippen molar-refractivity contribution in [2.75, 3.05) is 11.1 Å². The van der Waals surface area contributed by atoms with Gasteiger partial charge in [0.25, 0.3) is 11.6 Å². The molecular weight excluding hydrogens is 274 g/mol. The van der Waals surface area contributed by atoms with Crippen LogP contribution in [0.5, 0.6) is 0 Å². The molecule has 0 radical (unpaired) electrons. The van der Waals surface area contributed by atoms with Crippen molar-refractivity contribution < 1.29 is 9.72 Å². The summed E-state index contributed by atoms with van der Waals surface area (Å²) in [7, 11) is 0. The van der Waals surface area contributed by atoms with E-state index in [1.165, 1.54) is 12.4 Å². The van der Waals surface area contributed by atoms with Crippen LogP contribution in [0.2, 0.25) is 5.02 Å². The van der Waals surface area contributed by atoms with Gasteiger partial charge in [-0.3, -0.25) is 20.2 Å². The Labute approximate surface area is 111 Å². The fourth-order valence-corrected chi connectivity index (χ4v) is 1.62. The molecule has 1 aromatic carbocycles. The van der Waals surface area contributed by atoms with Crippen LogP contribution in [0.4, 0.5) is 17.3 Å². The van der Waals surface area contributed by atoms with Crippen molar-refractivity contribution >= 4 is 34.8 Å². The molecule has 0 saturated heterocycles. The predicted octanol–water partition coefficient (Wildman–Crippen LogP) is 1.81. The lowest BCUT2D eigenvalue weighted by molar-refractivity contribution is -0.384. The lowest BCUT2D eigenvalue weighted by Gasteiger charge is -2.07. The Morgan fingerprint density at radius 3 is 2.84 bits per heavy atom. The van der Waals surface area contributed by atoms with Crippen LogP contribution in [-0.2, 0) is 0 Å². The van der Waals surface area contributed by atoms with E-state index >= 15 is 0 Å². The number of imidazole rings is 1. The number of nitrogens with one attached hydrogen (secondary N) is 2. The molecule has 0 aliphatic rings. The highest BCUT2D eigenvalue weighted by atomic mass is 35.5. The van der Waals surface area contributed by atoms with E-state index < -0.39 is 10.8 Å². The molecular formula is C10H8ClN5O3. The summed E-state index contributed by atoms with van der Waals surface area (Å²) in [4.78, 5) is 28.4. The molecule has 1 aromatic heterocycles. The first-order chi connectivity index (χ1) is 8.99. The summed E-state index contributed by atoms with van der Waals surface area (Å²) in [6.07, 6.45) is 2.96. The number of halogens is 1. The minimum Gasteiger partial charge on any atom is -0.397 e. The van der Waals surface area contributed by atoms with Crippen LogP contribution in [0.25, 0.3) is 0 Å². The second-order valence-electron chi connectivity index (χ2n) is 3.54. The minimum absolute atomic E-state index is 0.0312. The van der Waals surface area contributed by atoms with Gasteiger partial charge in [-0.15, -0.1) is 0 Å². The molecule has 0 fully saturated rings. The Balaban J connectivity index is 2.38. The third-order valence-corrected chi connectivity index (χ3v) is 2.61. The van der Waals surface area contributed by atoms with E-state index in [1.807, 2.05) is 0 Å². The van der Waals surface area contributed by atoms with Crippen LogP contribution in [0.1, 0.15) is 10.4 Å². The number of carbonyl (C=O) groups is 1. The van der Waals surface area contributed by atoms with Crippen LogP contribution in [-0.4, -0.2) is 20.8 Å². The third kappa shape index (κ3) is 2.63. The van der Waals surface area contributed by atoms with E-state index in [9.17, 15) is 14.9 Å². The number of H-pyrrole nitrogens is 1. The Kier molecular flexibility index (Phi) is 3.34. The van der Waals surface area contributed by atoms with Crippen molar-refractivity contribution in [1.29, 1.82) is 0 Å². The molecule has 19 heavy (non-hydrogen) atoms. The Morgan fingerprint density at radius 1 is 1.53 bits per heavy atom. The number of anilines is 2. The molecule has 1 amide bonds. The molecule has 9 heteroatoms. The van der Waals surface area contributed by atoms with E-state index in [0.717, 1.165) is 12.1 Å². The first kappa shape index (κ1) is 12.8. The molecule has 2 rings (SSSR count). The van der Waals surface area contributed by atoms with Gasteiger partial charge >= 0.3 is 0 Å². The van der Waals surface area contributed by atoms with Crippen LogP contribution in [0.15, 0.2) is 24.5 Å². The summed E-state index contributed by atoms with van der Waals surface area (Å²) in [6, 6.07) is 2.14. The smallest absolute Gasteiger partial charge is 0.271 e. The molecule has 0 aliphatic carbocycles. The first-order valence-corrected chi connectivity index (χ1v) is 5.41. The number of hydrogen-bond acceptors (Lipinski definition) is 5. The molecule has 0 atom stereocenters. The summed E-state index contributed by atoms with van der Waals surface area (Å²) in [5.41, 5.74) is 5.20. The van der Waals surface area contributed by atoms with Crippen LogP contribution < -0.4 is 11.1 Å². The fraction of sp³-hybridized carbons (Fsp3) is 0. The second kappa shape index (κ2) is 4.94. The van der Waals surface area contributed by atoms with E-state index in [1.54, 1.807) is 0 Å². The number of nitrogen functional groups attached to an aromatic ring is 1. The SMILES string of the molecule is Nc1c(Cl)cc([N+](=O)[O-])cc1C(=O)Nc1ncc[nH]1. The average Bonchev–Trinajstić information content (AvgIpc) is 2.84. The van der Waals surface area contributed by atoms with Gasteiger partial charge in [-0.1, -0.05) is 11.6 Å². The van der Waals surface area contributed by atoms with Gasteiger partial charge in [0.2, 0.25) is 5.95 Å². The normalized spacial score (nSPS) is 10.2. The number of nitrogens with zero attached hydrogens (tertiary/aromatic N) is 2. The topological polar surface area (TPSA) is 127 Å². The summed E-state index contributed by atoms with van der Waals surface area (Å²) < 4.78 is 0. The van der Waals surface area contributed by atoms with Gasteiger partial charge in [0, 0.05) is 24.5 Å². The average molecular weight is 282 g/mol. The zero-order valence-electron chi connectivity index (χ0n) is 9.38. The third-order valence-electron chi connectivity index (χ3n) is 2.30. The zero-order valence-corrected chi connectivity index (χ0v) is 10.1. The van der Waals surface area contributed by atoms with Gasteiger partial charge in [-0.25, -0.2) is 4.98 Å². The van der Waals surface area contributed by atoms with Crippen molar-refractivity contribution in [3.63, 3.8) is 0 Å². The summed E-state index contributed by atoms with van der Waals surface area (Å²) in [6.45, 7) is 0. The molecule has 0 aliphatic heterocycles. The highest BCUT2D eigenvalue weighted by molar-refractivity contribution is 6.34. The van der Waals surface area contributed by atoms with E-state index in [0.29, 0.717) is 0 Å². The summed E-state index contributed by atoms with van der Waals surface area (Å²) >= 11 is 5.76. The van der Waals surface area contributed by atoms with E-state index in [-0.39, 0.29) is 27.9 Å². The summed E-state index contributed by atoms with van der Waals surface area (Å²) in [5, 5.41) is 13.1. The fourth-order valence-electron chi connectivity index (χ4n) is 1.41. The highest BCUT2D eigenvalue weighted by Gasteiger charge is 2.19. The van der Waals surface area contributed by atoms with Gasteiger partial charge < -0.3 is 10.7 Å². The molecule has 0 spiro atoms. The molecule has 8 nitrogen and oxygen atoms in total. The number of carbonyl (C=O) groups excluding carboxylic acids is 1. The quantitative estimate of drug-likeness (QED) is 0.449. The molecule has 4 N–H and O–H groups in total. The number of nitro benzene ring substituents is 1. The number of amides is 1. The minimum atomic E-state index is -0.658. The largest absolute Gasteiger partial charge is 0.397 e. The maximum atomic E-state index is 11.9. The van der Waals surface area contributed by atoms with Crippen molar-refractivity contribution in [3.8, 4) is 0 Å². The number of aromatic nitrogens is 2. The second-order valence-corrected chi connectivity index (χ2v) is 3.95. The maximum absolute atomic E-state index is 11.9. The number of aromatic amines is 1. The van der Waals surface area contributed by atoms with Crippen LogP contribution in [0, 0.1) is 10.1 Å². The number of nitro groups is 1. The Hall–Kier alpha value is -2.61. The van der Waals surface area contributed by atoms with Crippen LogP contribution in [0.3, 0.4) is 0 Å². The first-order valence-electron chi connectivity index (χ1n) is 5.03. The lowest BCUT2D eigenvalue weighted by atomic mass is 10.1. The number of hydrogen-bond donors (Lipinski definition) is 3. The van der Waals surface area contributed by atoms with E-state index in [4.69, 9.17) is 17.3 Å². The van der Waals surface area contributed by atoms with Gasteiger partial charge in [0.1, 0.15) is 0 Å². The van der Waals surface area contributed by atoms with Gasteiger partial charge in [-0.05, 0) is 0 Å². The molecule has 0 bridgehead atoms. The van der Waals surface area contributed by atoms with Gasteiger partial charge in [-0.2, -0.15) is 0 Å². The molecule has 1 heterocycles. The standard InChI is InChI=1S/C10H8ClN5O3/c11-7-4-5(16(18)19)3-6(8(7)12)9(17)15-10-13-1-2-14-10/h1-4H,12H2,(H2,13,14,15,17). The number of non-ortho nitro benzene ring substituents is 1. The van der Waals surface area contributed by atoms with Gasteiger partial charge in [0.05, 0.1) is 21.2 Å². The Bertz CT molecular complexity index is 641. The monoisotopic (exact) mass is 281 g/mol. The molecule has 0 saturated carbocycles. The predicted molar refractivity (Wildman–Crippen MR) is 69.1 cm³/mol. The Morgan fingerprint density at radius 2 is 2.26 bits per heavy atom. The maximum Gasteiger partial charge on any atom is 0.271 e. The van der Waals surface area contributed by atoms with Crippen molar-refractivity contribution in [2.24, 2.45) is 0 Å².